The first-order valence-corrected chi connectivity index (χ1v) is 8.09. The van der Waals surface area contributed by atoms with Gasteiger partial charge in [-0.3, -0.25) is 0 Å². The minimum Gasteiger partial charge on any atom is -0.457 e. The molecule has 1 unspecified atom stereocenters. The van der Waals surface area contributed by atoms with E-state index in [1.54, 1.807) is 0 Å². The molecule has 0 aromatic heterocycles. The number of benzene rings is 2. The van der Waals surface area contributed by atoms with Crippen LogP contribution in [-0.2, 0) is 0 Å². The first-order chi connectivity index (χ1) is 9.93. The van der Waals surface area contributed by atoms with Gasteiger partial charge in [0.25, 0.3) is 0 Å². The Morgan fingerprint density at radius 3 is 2.00 bits per heavy atom. The van der Waals surface area contributed by atoms with Crippen LogP contribution in [0.4, 0.5) is 0 Å². The van der Waals surface area contributed by atoms with E-state index in [1.807, 2.05) is 12.1 Å². The van der Waals surface area contributed by atoms with Crippen LogP contribution >= 0.6 is 10.5 Å². The van der Waals surface area contributed by atoms with E-state index in [0.717, 1.165) is 11.5 Å². The van der Waals surface area contributed by atoms with Crippen molar-refractivity contribution in [2.75, 3.05) is 0 Å². The van der Waals surface area contributed by atoms with Gasteiger partial charge in [-0.2, -0.15) is 0 Å². The highest BCUT2D eigenvalue weighted by molar-refractivity contribution is 8.18. The van der Waals surface area contributed by atoms with Crippen LogP contribution in [0.5, 0.6) is 11.5 Å². The van der Waals surface area contributed by atoms with Gasteiger partial charge in [-0.15, -0.1) is 10.5 Å². The summed E-state index contributed by atoms with van der Waals surface area (Å²) in [6.07, 6.45) is 6.37. The number of ether oxygens (including phenoxy) is 1. The SMILES string of the molecule is C1=CC=S(C2c3ccccc3Oc3ccccc32)C=C1. The Morgan fingerprint density at radius 2 is 1.40 bits per heavy atom. The Kier molecular flexibility index (Phi) is 2.82. The summed E-state index contributed by atoms with van der Waals surface area (Å²) in [6, 6.07) is 16.7. The summed E-state index contributed by atoms with van der Waals surface area (Å²) in [5.41, 5.74) is 2.57. The van der Waals surface area contributed by atoms with Gasteiger partial charge in [-0.25, -0.2) is 0 Å². The average Bonchev–Trinajstić information content (AvgIpc) is 2.53. The molecule has 0 bridgehead atoms. The predicted octanol–water partition coefficient (Wildman–Crippen LogP) is 5.04. The van der Waals surface area contributed by atoms with Crippen molar-refractivity contribution in [3.05, 3.63) is 83.3 Å². The van der Waals surface area contributed by atoms with Gasteiger partial charge in [0.15, 0.2) is 0 Å². The summed E-state index contributed by atoms with van der Waals surface area (Å²) in [5.74, 6) is 1.97. The minimum atomic E-state index is 0.0738. The van der Waals surface area contributed by atoms with Crippen molar-refractivity contribution in [2.24, 2.45) is 0 Å². The molecule has 1 nitrogen and oxygen atoms in total. The Balaban J connectivity index is 1.95. The molecule has 0 radical (unpaired) electrons. The lowest BCUT2D eigenvalue weighted by atomic mass is 10.00. The molecule has 0 fully saturated rings. The standard InChI is InChI=1S/C18H14OS/c1-6-12-20(13-7-1)18-14-8-2-4-10-16(14)19-17-11-5-3-9-15(17)18/h1-13,18H. The number of para-hydroxylation sites is 2. The van der Waals surface area contributed by atoms with Gasteiger partial charge in [0.05, 0.1) is 5.25 Å². The van der Waals surface area contributed by atoms with Crippen molar-refractivity contribution in [3.8, 4) is 11.5 Å². The Bertz CT molecular complexity index is 710. The van der Waals surface area contributed by atoms with Gasteiger partial charge in [0, 0.05) is 11.1 Å². The molecule has 0 N–H and O–H groups in total. The van der Waals surface area contributed by atoms with Gasteiger partial charge in [-0.05, 0) is 22.9 Å². The lowest BCUT2D eigenvalue weighted by Crippen LogP contribution is -2.08. The van der Waals surface area contributed by atoms with Crippen molar-refractivity contribution in [3.63, 3.8) is 0 Å². The molecule has 0 spiro atoms. The third-order valence-corrected chi connectivity index (χ3v) is 5.58. The predicted molar refractivity (Wildman–Crippen MR) is 86.7 cm³/mol. The van der Waals surface area contributed by atoms with Crippen LogP contribution in [-0.4, -0.2) is 5.37 Å². The molecule has 0 aliphatic carbocycles. The first-order valence-electron chi connectivity index (χ1n) is 6.68. The topological polar surface area (TPSA) is 9.23 Å². The summed E-state index contributed by atoms with van der Waals surface area (Å²) >= 11 is 0. The highest BCUT2D eigenvalue weighted by Gasteiger charge is 2.28. The number of fused-ring (bicyclic) bond motifs is 2. The van der Waals surface area contributed by atoms with E-state index in [9.17, 15) is 0 Å². The third kappa shape index (κ3) is 1.84. The molecule has 20 heavy (non-hydrogen) atoms. The molecular formula is C18H14OS. The van der Waals surface area contributed by atoms with Gasteiger partial charge >= 0.3 is 0 Å². The lowest BCUT2D eigenvalue weighted by molar-refractivity contribution is 0.459. The van der Waals surface area contributed by atoms with Crippen LogP contribution in [0.1, 0.15) is 16.4 Å². The van der Waals surface area contributed by atoms with Gasteiger partial charge in [-0.1, -0.05) is 54.6 Å². The second kappa shape index (κ2) is 4.80. The molecule has 1 atom stereocenters. The highest BCUT2D eigenvalue weighted by atomic mass is 32.2. The Labute approximate surface area is 121 Å². The average molecular weight is 278 g/mol. The number of rotatable bonds is 1. The Morgan fingerprint density at radius 1 is 0.750 bits per heavy atom. The van der Waals surface area contributed by atoms with E-state index >= 15 is 0 Å². The van der Waals surface area contributed by atoms with Crippen molar-refractivity contribution in [1.29, 1.82) is 0 Å². The van der Waals surface area contributed by atoms with Gasteiger partial charge in [0.1, 0.15) is 11.5 Å². The lowest BCUT2D eigenvalue weighted by Gasteiger charge is -2.29. The summed E-state index contributed by atoms with van der Waals surface area (Å²) in [5, 5.41) is 4.95. The zero-order chi connectivity index (χ0) is 13.4. The highest BCUT2D eigenvalue weighted by Crippen LogP contribution is 2.52. The molecule has 2 heteroatoms. The maximum atomic E-state index is 6.05. The molecule has 0 saturated heterocycles. The summed E-state index contributed by atoms with van der Waals surface area (Å²) in [4.78, 5) is 0. The fourth-order valence-electron chi connectivity index (χ4n) is 2.70. The minimum absolute atomic E-state index is 0.0738. The van der Waals surface area contributed by atoms with Gasteiger partial charge in [0.2, 0.25) is 0 Å². The van der Waals surface area contributed by atoms with Crippen molar-refractivity contribution in [1.82, 2.24) is 0 Å². The molecule has 2 aliphatic rings. The summed E-state index contributed by atoms with van der Waals surface area (Å²) in [6.45, 7) is 0. The number of hydrogen-bond acceptors (Lipinski definition) is 1. The maximum absolute atomic E-state index is 6.05. The van der Waals surface area contributed by atoms with Crippen LogP contribution < -0.4 is 4.74 Å². The molecule has 2 aromatic carbocycles. The molecule has 2 aromatic rings. The monoisotopic (exact) mass is 278 g/mol. The van der Waals surface area contributed by atoms with Crippen LogP contribution in [0.15, 0.2) is 72.2 Å². The summed E-state index contributed by atoms with van der Waals surface area (Å²) in [7, 11) is 0.0738. The fourth-order valence-corrected chi connectivity index (χ4v) is 4.62. The second-order valence-electron chi connectivity index (χ2n) is 4.82. The van der Waals surface area contributed by atoms with Crippen molar-refractivity contribution < 1.29 is 4.74 Å². The van der Waals surface area contributed by atoms with Crippen LogP contribution in [0, 0.1) is 0 Å². The zero-order valence-electron chi connectivity index (χ0n) is 10.9. The molecule has 4 rings (SSSR count). The zero-order valence-corrected chi connectivity index (χ0v) is 11.7. The molecule has 0 saturated carbocycles. The smallest absolute Gasteiger partial charge is 0.132 e. The van der Waals surface area contributed by atoms with E-state index in [0.29, 0.717) is 5.25 Å². The molecule has 2 heterocycles. The largest absolute Gasteiger partial charge is 0.457 e. The molecule has 98 valence electrons. The molecular weight excluding hydrogens is 264 g/mol. The molecule has 0 amide bonds. The van der Waals surface area contributed by atoms with Crippen molar-refractivity contribution >= 4 is 15.9 Å². The normalized spacial score (nSPS) is 19.7. The van der Waals surface area contributed by atoms with E-state index in [-0.39, 0.29) is 10.5 Å². The van der Waals surface area contributed by atoms with E-state index in [1.165, 1.54) is 11.1 Å². The maximum Gasteiger partial charge on any atom is 0.132 e. The van der Waals surface area contributed by atoms with Crippen LogP contribution in [0.3, 0.4) is 0 Å². The Hall–Kier alpha value is -2.06. The fraction of sp³-hybridized carbons (Fsp3) is 0.0556. The summed E-state index contributed by atoms with van der Waals surface area (Å²) < 4.78 is 6.05. The molecule has 2 aliphatic heterocycles. The van der Waals surface area contributed by atoms with E-state index in [4.69, 9.17) is 4.74 Å². The second-order valence-corrected chi connectivity index (χ2v) is 6.65. The van der Waals surface area contributed by atoms with Crippen LogP contribution in [0.25, 0.3) is 0 Å². The van der Waals surface area contributed by atoms with E-state index in [2.05, 4.69) is 65.4 Å². The first kappa shape index (κ1) is 11.7. The number of allylic oxidation sites excluding steroid dienone is 3. The van der Waals surface area contributed by atoms with Crippen molar-refractivity contribution in [2.45, 2.75) is 5.25 Å². The third-order valence-electron chi connectivity index (χ3n) is 3.59. The van der Waals surface area contributed by atoms with Gasteiger partial charge < -0.3 is 4.74 Å². The number of hydrogen-bond donors (Lipinski definition) is 0. The van der Waals surface area contributed by atoms with Crippen LogP contribution in [0.2, 0.25) is 0 Å². The quantitative estimate of drug-likeness (QED) is 0.664. The van der Waals surface area contributed by atoms with E-state index < -0.39 is 0 Å².